The highest BCUT2D eigenvalue weighted by Crippen LogP contribution is 2.45. The van der Waals surface area contributed by atoms with Gasteiger partial charge in [0.05, 0.1) is 26.6 Å². The third-order valence-corrected chi connectivity index (χ3v) is 7.49. The summed E-state index contributed by atoms with van der Waals surface area (Å²) in [5.41, 5.74) is -0.828. The summed E-state index contributed by atoms with van der Waals surface area (Å²) in [6, 6.07) is 9.88. The number of ether oxygens (including phenoxy) is 1. The highest BCUT2D eigenvalue weighted by molar-refractivity contribution is 5.82. The van der Waals surface area contributed by atoms with Crippen molar-refractivity contribution in [1.29, 1.82) is 0 Å². The van der Waals surface area contributed by atoms with E-state index < -0.39 is 11.6 Å². The number of carbonyl (C=O) groups excluding carboxylic acids is 1. The minimum atomic E-state index is -1.52. The third kappa shape index (κ3) is 3.31. The normalized spacial score (nSPS) is 32.6. The molecule has 3 fully saturated rings. The van der Waals surface area contributed by atoms with Crippen molar-refractivity contribution >= 4 is 5.97 Å². The second kappa shape index (κ2) is 7.21. The first kappa shape index (κ1) is 18.9. The summed E-state index contributed by atoms with van der Waals surface area (Å²) in [4.78, 5) is 13.5. The summed E-state index contributed by atoms with van der Waals surface area (Å²) < 4.78 is 7.07. The van der Waals surface area contributed by atoms with Crippen LogP contribution < -0.4 is 0 Å². The Balaban J connectivity index is 1.62. The van der Waals surface area contributed by atoms with Crippen LogP contribution in [-0.4, -0.2) is 48.3 Å². The van der Waals surface area contributed by atoms with E-state index in [1.807, 2.05) is 30.3 Å². The Hall–Kier alpha value is -1.39. The number of nitrogens with zero attached hydrogens (tertiary/aromatic N) is 1. The molecule has 0 spiro atoms. The van der Waals surface area contributed by atoms with E-state index in [-0.39, 0.29) is 12.0 Å². The summed E-state index contributed by atoms with van der Waals surface area (Å²) in [6.45, 7) is 1.07. The molecule has 2 aliphatic carbocycles. The molecule has 1 heterocycles. The van der Waals surface area contributed by atoms with Gasteiger partial charge < -0.3 is 14.3 Å². The van der Waals surface area contributed by atoms with Gasteiger partial charge in [-0.25, -0.2) is 4.79 Å². The van der Waals surface area contributed by atoms with Gasteiger partial charge in [-0.05, 0) is 24.8 Å². The first-order valence-corrected chi connectivity index (χ1v) is 10.7. The van der Waals surface area contributed by atoms with Gasteiger partial charge in [-0.1, -0.05) is 56.0 Å². The molecule has 148 valence electrons. The van der Waals surface area contributed by atoms with Crippen LogP contribution in [0.2, 0.25) is 0 Å². The number of benzene rings is 1. The smallest absolute Gasteiger partial charge is 0.343 e. The topological polar surface area (TPSA) is 46.5 Å². The molecule has 1 N–H and O–H groups in total. The van der Waals surface area contributed by atoms with E-state index in [2.05, 4.69) is 14.1 Å². The molecule has 1 aromatic rings. The van der Waals surface area contributed by atoms with E-state index >= 15 is 0 Å². The highest BCUT2D eigenvalue weighted by Gasteiger charge is 2.58. The minimum absolute atomic E-state index is 0.0477. The summed E-state index contributed by atoms with van der Waals surface area (Å²) in [5.74, 6) is -0.0380. The lowest BCUT2D eigenvalue weighted by Crippen LogP contribution is -2.50. The van der Waals surface area contributed by atoms with E-state index in [1.165, 1.54) is 12.8 Å². The molecule has 4 rings (SSSR count). The molecule has 1 saturated heterocycles. The predicted octanol–water partition coefficient (Wildman–Crippen LogP) is 3.63. The number of aliphatic hydroxyl groups is 1. The molecule has 1 aliphatic heterocycles. The van der Waals surface area contributed by atoms with Crippen molar-refractivity contribution in [2.24, 2.45) is 11.8 Å². The van der Waals surface area contributed by atoms with E-state index in [0.717, 1.165) is 49.6 Å². The van der Waals surface area contributed by atoms with E-state index in [9.17, 15) is 9.90 Å². The molecule has 4 heteroatoms. The number of hydrogen-bond donors (Lipinski definition) is 1. The second-order valence-electron chi connectivity index (χ2n) is 9.56. The van der Waals surface area contributed by atoms with Gasteiger partial charge in [-0.2, -0.15) is 0 Å². The average Bonchev–Trinajstić information content (AvgIpc) is 3.00. The fourth-order valence-corrected chi connectivity index (χ4v) is 6.01. The standard InChI is InChI=1S/C23H34NO3/c1-24(2)16-17-14-15-20(24)21(17)27-22(25)23(26,19-12-8-5-9-13-19)18-10-6-3-4-7-11-18/h5,8-9,12-13,17-18,20-21,26H,3-4,6-7,10-11,14-16H2,1-2H3/q+1/t17?,20-,21?,23-/m1/s1. The molecule has 0 aromatic heterocycles. The molecule has 27 heavy (non-hydrogen) atoms. The van der Waals surface area contributed by atoms with E-state index in [0.29, 0.717) is 17.5 Å². The van der Waals surface area contributed by atoms with Crippen LogP contribution in [0.25, 0.3) is 0 Å². The van der Waals surface area contributed by atoms with Crippen LogP contribution >= 0.6 is 0 Å². The zero-order valence-electron chi connectivity index (χ0n) is 16.8. The van der Waals surface area contributed by atoms with Gasteiger partial charge in [0.25, 0.3) is 0 Å². The molecule has 4 nitrogen and oxygen atoms in total. The number of hydrogen-bond acceptors (Lipinski definition) is 3. The Labute approximate surface area is 163 Å². The third-order valence-electron chi connectivity index (χ3n) is 7.49. The SMILES string of the molecule is C[N+]1(C)CC2CC[C@@H]1C2OC(=O)[C@](O)(c1ccccc1)C1CCCCCC1. The Kier molecular flexibility index (Phi) is 5.06. The maximum absolute atomic E-state index is 13.5. The van der Waals surface area contributed by atoms with Gasteiger partial charge in [0, 0.05) is 12.3 Å². The zero-order valence-corrected chi connectivity index (χ0v) is 16.8. The van der Waals surface area contributed by atoms with Crippen LogP contribution in [0.1, 0.15) is 56.9 Å². The lowest BCUT2D eigenvalue weighted by Gasteiger charge is -2.36. The van der Waals surface area contributed by atoms with Crippen molar-refractivity contribution < 1.29 is 19.1 Å². The molecule has 0 radical (unpaired) electrons. The van der Waals surface area contributed by atoms with Crippen molar-refractivity contribution in [2.75, 3.05) is 20.6 Å². The Morgan fingerprint density at radius 1 is 1.04 bits per heavy atom. The summed E-state index contributed by atoms with van der Waals surface area (Å²) >= 11 is 0. The van der Waals surface area contributed by atoms with E-state index in [4.69, 9.17) is 4.74 Å². The molecular weight excluding hydrogens is 338 g/mol. The van der Waals surface area contributed by atoms with E-state index in [1.54, 1.807) is 0 Å². The van der Waals surface area contributed by atoms with Crippen LogP contribution in [0.5, 0.6) is 0 Å². The average molecular weight is 373 g/mol. The second-order valence-corrected chi connectivity index (χ2v) is 9.56. The number of likely N-dealkylation sites (N-methyl/N-ethyl adjacent to an activating group) is 1. The Bertz CT molecular complexity index is 665. The van der Waals surface area contributed by atoms with Gasteiger partial charge in [0.1, 0.15) is 6.04 Å². The maximum Gasteiger partial charge on any atom is 0.343 e. The largest absolute Gasteiger partial charge is 0.453 e. The fraction of sp³-hybridized carbons (Fsp3) is 0.696. The number of carbonyl (C=O) groups is 1. The van der Waals surface area contributed by atoms with Gasteiger partial charge in [0.2, 0.25) is 0 Å². The van der Waals surface area contributed by atoms with Gasteiger partial charge >= 0.3 is 5.97 Å². The van der Waals surface area contributed by atoms with Crippen molar-refractivity contribution in [3.8, 4) is 0 Å². The Morgan fingerprint density at radius 2 is 1.70 bits per heavy atom. The van der Waals surface area contributed by atoms with Crippen molar-refractivity contribution in [3.63, 3.8) is 0 Å². The molecular formula is C23H34NO3+. The quantitative estimate of drug-likeness (QED) is 0.499. The van der Waals surface area contributed by atoms with Gasteiger partial charge in [-0.3, -0.25) is 0 Å². The molecule has 4 atom stereocenters. The Morgan fingerprint density at radius 3 is 2.26 bits per heavy atom. The number of quaternary nitrogens is 1. The molecule has 3 aliphatic rings. The lowest BCUT2D eigenvalue weighted by molar-refractivity contribution is -0.908. The minimum Gasteiger partial charge on any atom is -0.453 e. The van der Waals surface area contributed by atoms with Gasteiger partial charge in [-0.15, -0.1) is 0 Å². The molecule has 0 amide bonds. The number of fused-ring (bicyclic) bond motifs is 2. The van der Waals surface area contributed by atoms with Crippen LogP contribution in [0.3, 0.4) is 0 Å². The van der Waals surface area contributed by atoms with Crippen molar-refractivity contribution in [2.45, 2.75) is 69.1 Å². The lowest BCUT2D eigenvalue weighted by atomic mass is 9.77. The van der Waals surface area contributed by atoms with Gasteiger partial charge in [0.15, 0.2) is 11.7 Å². The number of piperidine rings is 1. The maximum atomic E-state index is 13.5. The van der Waals surface area contributed by atoms with Crippen molar-refractivity contribution in [3.05, 3.63) is 35.9 Å². The van der Waals surface area contributed by atoms with Crippen LogP contribution in [0, 0.1) is 11.8 Å². The first-order chi connectivity index (χ1) is 12.9. The summed E-state index contributed by atoms with van der Waals surface area (Å²) in [5, 5.41) is 11.8. The van der Waals surface area contributed by atoms with Crippen LogP contribution in [-0.2, 0) is 15.1 Å². The number of rotatable bonds is 4. The zero-order chi connectivity index (χ0) is 19.1. The van der Waals surface area contributed by atoms with Crippen molar-refractivity contribution in [1.82, 2.24) is 0 Å². The molecule has 2 unspecified atom stereocenters. The number of likely N-dealkylation sites (tertiary alicyclic amines) is 1. The van der Waals surface area contributed by atoms with Crippen LogP contribution in [0.4, 0.5) is 0 Å². The predicted molar refractivity (Wildman–Crippen MR) is 105 cm³/mol. The van der Waals surface area contributed by atoms with Crippen LogP contribution in [0.15, 0.2) is 30.3 Å². The fourth-order valence-electron chi connectivity index (χ4n) is 6.01. The monoisotopic (exact) mass is 372 g/mol. The molecule has 2 bridgehead atoms. The number of esters is 1. The summed E-state index contributed by atoms with van der Waals surface area (Å²) in [7, 11) is 4.47. The summed E-state index contributed by atoms with van der Waals surface area (Å²) in [6.07, 6.45) is 8.51. The first-order valence-electron chi connectivity index (χ1n) is 10.7. The molecule has 1 aromatic carbocycles. The molecule has 2 saturated carbocycles. The highest BCUT2D eigenvalue weighted by atomic mass is 16.6.